The van der Waals surface area contributed by atoms with Gasteiger partial charge in [-0.15, -0.1) is 11.3 Å². The summed E-state index contributed by atoms with van der Waals surface area (Å²) in [6, 6.07) is 0. The van der Waals surface area contributed by atoms with E-state index in [-0.39, 0.29) is 5.92 Å². The molecule has 2 unspecified atom stereocenters. The smallest absolute Gasteiger partial charge is 0.193 e. The molecule has 4 nitrogen and oxygen atoms in total. The molecule has 0 saturated heterocycles. The molecule has 0 spiro atoms. The van der Waals surface area contributed by atoms with Gasteiger partial charge < -0.3 is 10.8 Å². The number of nitrogens with zero attached hydrogens (tertiary/aromatic N) is 2. The third-order valence-corrected chi connectivity index (χ3v) is 3.95. The van der Waals surface area contributed by atoms with Crippen LogP contribution >= 0.6 is 11.3 Å². The van der Waals surface area contributed by atoms with Gasteiger partial charge in [-0.2, -0.15) is 0 Å². The molecule has 5 heteroatoms. The SMILES string of the molecule is CC(C)C(CN)C(O)Cc1cn2ccsc2n1. The topological polar surface area (TPSA) is 63.5 Å². The van der Waals surface area contributed by atoms with E-state index >= 15 is 0 Å². The number of hydrogen-bond acceptors (Lipinski definition) is 4. The van der Waals surface area contributed by atoms with Gasteiger partial charge in [0.2, 0.25) is 0 Å². The van der Waals surface area contributed by atoms with Crippen LogP contribution in [0.5, 0.6) is 0 Å². The van der Waals surface area contributed by atoms with Crippen molar-refractivity contribution >= 4 is 16.3 Å². The lowest BCUT2D eigenvalue weighted by atomic mass is 9.88. The van der Waals surface area contributed by atoms with Crippen LogP contribution in [0.3, 0.4) is 0 Å². The Bertz CT molecular complexity index is 448. The summed E-state index contributed by atoms with van der Waals surface area (Å²) in [5.74, 6) is 0.522. The summed E-state index contributed by atoms with van der Waals surface area (Å²) in [5.41, 5.74) is 6.63. The number of fused-ring (bicyclic) bond motifs is 1. The Labute approximate surface area is 105 Å². The lowest BCUT2D eigenvalue weighted by Gasteiger charge is -2.24. The van der Waals surface area contributed by atoms with Crippen LogP contribution in [-0.2, 0) is 6.42 Å². The zero-order chi connectivity index (χ0) is 12.4. The molecule has 0 saturated carbocycles. The van der Waals surface area contributed by atoms with Crippen LogP contribution in [0.1, 0.15) is 19.5 Å². The van der Waals surface area contributed by atoms with E-state index in [2.05, 4.69) is 18.8 Å². The van der Waals surface area contributed by atoms with E-state index in [0.717, 1.165) is 10.7 Å². The van der Waals surface area contributed by atoms with Crippen LogP contribution in [0, 0.1) is 11.8 Å². The van der Waals surface area contributed by atoms with Gasteiger partial charge >= 0.3 is 0 Å². The Hall–Kier alpha value is -0.910. The van der Waals surface area contributed by atoms with Crippen LogP contribution in [0.15, 0.2) is 17.8 Å². The van der Waals surface area contributed by atoms with Crippen LogP contribution < -0.4 is 5.73 Å². The highest BCUT2D eigenvalue weighted by molar-refractivity contribution is 7.15. The largest absolute Gasteiger partial charge is 0.392 e. The van der Waals surface area contributed by atoms with Crippen LogP contribution in [0.2, 0.25) is 0 Å². The van der Waals surface area contributed by atoms with E-state index < -0.39 is 6.10 Å². The molecule has 0 fully saturated rings. The van der Waals surface area contributed by atoms with E-state index in [1.165, 1.54) is 0 Å². The van der Waals surface area contributed by atoms with E-state index in [4.69, 9.17) is 5.73 Å². The maximum atomic E-state index is 10.2. The molecule has 2 rings (SSSR count). The van der Waals surface area contributed by atoms with Gasteiger partial charge in [0.05, 0.1) is 11.8 Å². The maximum Gasteiger partial charge on any atom is 0.193 e. The Morgan fingerprint density at radius 1 is 1.53 bits per heavy atom. The van der Waals surface area contributed by atoms with Crippen molar-refractivity contribution < 1.29 is 5.11 Å². The number of aliphatic hydroxyl groups is 1. The molecule has 0 aliphatic rings. The fourth-order valence-electron chi connectivity index (χ4n) is 2.11. The van der Waals surface area contributed by atoms with Gasteiger partial charge in [0.25, 0.3) is 0 Å². The summed E-state index contributed by atoms with van der Waals surface area (Å²) >= 11 is 1.60. The zero-order valence-corrected chi connectivity index (χ0v) is 11.0. The summed E-state index contributed by atoms with van der Waals surface area (Å²) in [5, 5.41) is 12.2. The predicted octanol–water partition coefficient (Wildman–Crippen LogP) is 1.53. The fraction of sp³-hybridized carbons (Fsp3) is 0.583. The molecule has 2 aromatic rings. The van der Waals surface area contributed by atoms with Crippen molar-refractivity contribution in [3.8, 4) is 0 Å². The molecular weight excluding hydrogens is 234 g/mol. The normalized spacial score (nSPS) is 15.6. The second-order valence-electron chi connectivity index (χ2n) is 4.74. The van der Waals surface area contributed by atoms with Gasteiger partial charge in [0.1, 0.15) is 0 Å². The average molecular weight is 253 g/mol. The molecule has 0 aliphatic carbocycles. The minimum atomic E-state index is -0.412. The third kappa shape index (κ3) is 2.68. The number of rotatable bonds is 5. The first-order chi connectivity index (χ1) is 8.11. The first kappa shape index (κ1) is 12.5. The lowest BCUT2D eigenvalue weighted by Crippen LogP contribution is -2.33. The number of nitrogens with two attached hydrogens (primary N) is 1. The number of imidazole rings is 1. The predicted molar refractivity (Wildman–Crippen MR) is 70.2 cm³/mol. The van der Waals surface area contributed by atoms with Crippen molar-refractivity contribution in [1.29, 1.82) is 0 Å². The first-order valence-corrected chi connectivity index (χ1v) is 6.79. The van der Waals surface area contributed by atoms with Crippen molar-refractivity contribution in [3.63, 3.8) is 0 Å². The van der Waals surface area contributed by atoms with E-state index in [1.54, 1.807) is 11.3 Å². The fourth-order valence-corrected chi connectivity index (χ4v) is 2.83. The number of aliphatic hydroxyl groups excluding tert-OH is 1. The molecule has 0 amide bonds. The van der Waals surface area contributed by atoms with E-state index in [1.807, 2.05) is 22.2 Å². The second kappa shape index (κ2) is 5.16. The van der Waals surface area contributed by atoms with Crippen molar-refractivity contribution in [3.05, 3.63) is 23.5 Å². The Morgan fingerprint density at radius 2 is 2.29 bits per heavy atom. The summed E-state index contributed by atoms with van der Waals surface area (Å²) in [6.07, 6.45) is 4.12. The molecule has 2 atom stereocenters. The second-order valence-corrected chi connectivity index (χ2v) is 5.61. The first-order valence-electron chi connectivity index (χ1n) is 5.91. The standard InChI is InChI=1S/C12H19N3OS/c1-8(2)10(6-13)11(16)5-9-7-15-3-4-17-12(15)14-9/h3-4,7-8,10-11,16H,5-6,13H2,1-2H3. The molecule has 3 N–H and O–H groups in total. The van der Waals surface area contributed by atoms with Gasteiger partial charge in [-0.25, -0.2) is 4.98 Å². The molecule has 0 radical (unpaired) electrons. The highest BCUT2D eigenvalue weighted by Crippen LogP contribution is 2.19. The highest BCUT2D eigenvalue weighted by atomic mass is 32.1. The van der Waals surface area contributed by atoms with Crippen LogP contribution in [0.4, 0.5) is 0 Å². The lowest BCUT2D eigenvalue weighted by molar-refractivity contribution is 0.0856. The molecule has 0 bridgehead atoms. The van der Waals surface area contributed by atoms with Gasteiger partial charge in [-0.3, -0.25) is 4.40 Å². The van der Waals surface area contributed by atoms with Gasteiger partial charge in [-0.05, 0) is 18.4 Å². The third-order valence-electron chi connectivity index (χ3n) is 3.18. The molecule has 2 aromatic heterocycles. The van der Waals surface area contributed by atoms with Crippen molar-refractivity contribution in [2.45, 2.75) is 26.4 Å². The number of hydrogen-bond donors (Lipinski definition) is 2. The monoisotopic (exact) mass is 253 g/mol. The Balaban J connectivity index is 2.07. The van der Waals surface area contributed by atoms with Gasteiger partial charge in [-0.1, -0.05) is 13.8 Å². The van der Waals surface area contributed by atoms with E-state index in [0.29, 0.717) is 18.9 Å². The van der Waals surface area contributed by atoms with Gasteiger partial charge in [0, 0.05) is 24.2 Å². The quantitative estimate of drug-likeness (QED) is 0.849. The summed E-state index contributed by atoms with van der Waals surface area (Å²) < 4.78 is 1.99. The van der Waals surface area contributed by atoms with Crippen molar-refractivity contribution in [2.24, 2.45) is 17.6 Å². The molecule has 94 valence electrons. The van der Waals surface area contributed by atoms with Gasteiger partial charge in [0.15, 0.2) is 4.96 Å². The minimum Gasteiger partial charge on any atom is -0.392 e. The Morgan fingerprint density at radius 3 is 2.88 bits per heavy atom. The minimum absolute atomic E-state index is 0.134. The summed E-state index contributed by atoms with van der Waals surface area (Å²) in [6.45, 7) is 4.69. The molecule has 0 aromatic carbocycles. The summed E-state index contributed by atoms with van der Waals surface area (Å²) in [7, 11) is 0. The molecular formula is C12H19N3OS. The van der Waals surface area contributed by atoms with Crippen molar-refractivity contribution in [2.75, 3.05) is 6.54 Å². The molecule has 2 heterocycles. The number of thiazole rings is 1. The number of aromatic nitrogens is 2. The highest BCUT2D eigenvalue weighted by Gasteiger charge is 2.22. The maximum absolute atomic E-state index is 10.2. The summed E-state index contributed by atoms with van der Waals surface area (Å²) in [4.78, 5) is 5.44. The Kier molecular flexibility index (Phi) is 3.81. The van der Waals surface area contributed by atoms with Crippen LogP contribution in [0.25, 0.3) is 4.96 Å². The molecule has 17 heavy (non-hydrogen) atoms. The van der Waals surface area contributed by atoms with Crippen LogP contribution in [-0.4, -0.2) is 27.1 Å². The van der Waals surface area contributed by atoms with Crippen molar-refractivity contribution in [1.82, 2.24) is 9.38 Å². The van der Waals surface area contributed by atoms with E-state index in [9.17, 15) is 5.11 Å². The molecule has 0 aliphatic heterocycles. The average Bonchev–Trinajstić information content (AvgIpc) is 2.77. The zero-order valence-electron chi connectivity index (χ0n) is 10.2.